The third kappa shape index (κ3) is 36.6. The van der Waals surface area contributed by atoms with Gasteiger partial charge in [-0.2, -0.15) is 0 Å². The van der Waals surface area contributed by atoms with Gasteiger partial charge in [0.25, 0.3) is 0 Å². The van der Waals surface area contributed by atoms with Gasteiger partial charge in [0.15, 0.2) is 0 Å². The zero-order valence-electron chi connectivity index (χ0n) is 29.8. The molecule has 1 saturated heterocycles. The van der Waals surface area contributed by atoms with Crippen LogP contribution in [-0.4, -0.2) is 54.1 Å². The Morgan fingerprint density at radius 3 is 1.48 bits per heavy atom. The van der Waals surface area contributed by atoms with Crippen molar-refractivity contribution in [3.8, 4) is 0 Å². The first-order valence-electron chi connectivity index (χ1n) is 17.2. The van der Waals surface area contributed by atoms with Crippen molar-refractivity contribution in [1.82, 2.24) is 0 Å². The molecule has 1 N–H and O–H groups in total. The molecule has 1 aliphatic rings. The lowest BCUT2D eigenvalue weighted by molar-refractivity contribution is 0.180. The van der Waals surface area contributed by atoms with Gasteiger partial charge in [-0.1, -0.05) is 115 Å². The molecule has 1 heterocycles. The first kappa shape index (κ1) is 47.9. The molecule has 0 bridgehead atoms. The Kier molecular flexibility index (Phi) is 32.3. The number of epoxide rings is 1. The van der Waals surface area contributed by atoms with Crippen LogP contribution in [0.2, 0.25) is 0 Å². The van der Waals surface area contributed by atoms with Crippen LogP contribution < -0.4 is 0 Å². The maximum Gasteiger partial charge on any atom is 0.247 e. The lowest BCUT2D eigenvalue weighted by Crippen LogP contribution is -2.12. The zero-order valence-corrected chi connectivity index (χ0v) is 35.0. The number of rotatable bonds is 25. The number of aliphatic hydroxyl groups is 1. The van der Waals surface area contributed by atoms with E-state index in [1.165, 1.54) is 88.4 Å². The summed E-state index contributed by atoms with van der Waals surface area (Å²) in [6.07, 6.45) is 18.7. The van der Waals surface area contributed by atoms with Gasteiger partial charge in [-0.15, -0.1) is 0 Å². The molecule has 0 amide bonds. The minimum Gasteiger partial charge on any atom is -0.392 e. The van der Waals surface area contributed by atoms with E-state index in [4.69, 9.17) is 46.4 Å². The quantitative estimate of drug-likeness (QED) is 0.0412. The number of ether oxygens (including phenoxy) is 1. The molecule has 0 saturated carbocycles. The molecule has 12 heteroatoms. The van der Waals surface area contributed by atoms with Gasteiger partial charge < -0.3 is 27.9 Å². The molecule has 2 atom stereocenters. The topological polar surface area (TPSA) is 69.7 Å². The van der Waals surface area contributed by atoms with Crippen LogP contribution >= 0.6 is 35.0 Å². The molecule has 1 rings (SSSR count). The Morgan fingerprint density at radius 2 is 1.09 bits per heavy atom. The van der Waals surface area contributed by atoms with Crippen molar-refractivity contribution in [2.45, 2.75) is 196 Å². The second-order valence-corrected chi connectivity index (χ2v) is 24.0. The van der Waals surface area contributed by atoms with Gasteiger partial charge in [0.05, 0.1) is 43.2 Å². The Morgan fingerprint density at radius 1 is 0.705 bits per heavy atom. The van der Waals surface area contributed by atoms with E-state index in [9.17, 15) is 5.11 Å². The monoisotopic (exact) mass is 740 g/mol. The molecule has 1 aliphatic heterocycles. The van der Waals surface area contributed by atoms with Crippen LogP contribution in [0.5, 0.6) is 0 Å². The summed E-state index contributed by atoms with van der Waals surface area (Å²) in [5.74, 6) is 0.603. The van der Waals surface area contributed by atoms with Crippen molar-refractivity contribution < 1.29 is 27.9 Å². The summed E-state index contributed by atoms with van der Waals surface area (Å²) in [4.78, 5) is 0. The first-order chi connectivity index (χ1) is 20.6. The predicted molar refractivity (Wildman–Crippen MR) is 207 cm³/mol. The number of hydrogen-bond donors (Lipinski definition) is 2. The molecule has 0 aliphatic carbocycles. The maximum atomic E-state index is 10.1. The number of unbranched alkanes of at least 4 members (excludes halogenated alkanes) is 10. The molecular weight excluding hydrogens is 671 g/mol. The molecule has 268 valence electrons. The van der Waals surface area contributed by atoms with Crippen molar-refractivity contribution in [3.63, 3.8) is 0 Å². The van der Waals surface area contributed by atoms with Crippen molar-refractivity contribution in [2.24, 2.45) is 0 Å². The Balaban J connectivity index is 0. The van der Waals surface area contributed by atoms with Crippen LogP contribution in [-0.2, 0) is 46.4 Å². The lowest BCUT2D eigenvalue weighted by Gasteiger charge is -2.26. The van der Waals surface area contributed by atoms with Gasteiger partial charge in [-0.05, 0) is 91.8 Å². The van der Waals surface area contributed by atoms with Crippen LogP contribution in [0, 0.1) is 0 Å². The average molecular weight is 741 g/mol. The number of aliphatic hydroxyl groups excluding tert-OH is 1. The Hall–Kier alpha value is 1.76. The molecule has 0 aromatic rings. The SMILES string of the molecule is CC(C)OP(=S)(S)OC(C)C.CCCCCCCCC(O)CSP(=S)(OC(C)C)OC(C)C.CCCCCCCCC1CO1. The largest absolute Gasteiger partial charge is 0.392 e. The van der Waals surface area contributed by atoms with Crippen molar-refractivity contribution in [2.75, 3.05) is 12.4 Å². The molecule has 1 fully saturated rings. The van der Waals surface area contributed by atoms with Gasteiger partial charge in [-0.25, -0.2) is 0 Å². The smallest absolute Gasteiger partial charge is 0.247 e. The van der Waals surface area contributed by atoms with Crippen molar-refractivity contribution in [3.05, 3.63) is 0 Å². The van der Waals surface area contributed by atoms with Crippen LogP contribution in [0.25, 0.3) is 0 Å². The van der Waals surface area contributed by atoms with E-state index in [0.717, 1.165) is 19.4 Å². The zero-order chi connectivity index (χ0) is 34.0. The van der Waals surface area contributed by atoms with E-state index in [-0.39, 0.29) is 30.5 Å². The van der Waals surface area contributed by atoms with E-state index >= 15 is 0 Å². The van der Waals surface area contributed by atoms with Gasteiger partial charge in [0.2, 0.25) is 11.4 Å². The molecule has 0 aromatic carbocycles. The van der Waals surface area contributed by atoms with Gasteiger partial charge in [0, 0.05) is 5.75 Å². The van der Waals surface area contributed by atoms with Crippen LogP contribution in [0.4, 0.5) is 0 Å². The summed E-state index contributed by atoms with van der Waals surface area (Å²) in [5.41, 5.74) is -4.63. The first-order valence-corrected chi connectivity index (χ1v) is 25.2. The normalized spacial score (nSPS) is 15.8. The van der Waals surface area contributed by atoms with Crippen LogP contribution in [0.1, 0.15) is 159 Å². The van der Waals surface area contributed by atoms with E-state index < -0.39 is 11.4 Å². The van der Waals surface area contributed by atoms with Gasteiger partial charge in [0.1, 0.15) is 0 Å². The van der Waals surface area contributed by atoms with Crippen molar-refractivity contribution >= 4 is 58.6 Å². The van der Waals surface area contributed by atoms with E-state index in [1.807, 2.05) is 55.4 Å². The van der Waals surface area contributed by atoms with E-state index in [0.29, 0.717) is 11.9 Å². The highest BCUT2D eigenvalue weighted by atomic mass is 32.9. The van der Waals surface area contributed by atoms with Crippen molar-refractivity contribution in [1.29, 1.82) is 0 Å². The summed E-state index contributed by atoms with van der Waals surface area (Å²) in [6, 6.07) is 0. The fourth-order valence-corrected chi connectivity index (χ4v) is 13.0. The lowest BCUT2D eigenvalue weighted by atomic mass is 10.1. The standard InChI is InChI=1S/C16H35O3PS2.C10H20O.C6H15O2PS2/c1-6-7-8-9-10-11-12-16(17)13-22-20(21,18-14(2)3)19-15(4)5;1-2-3-4-5-6-7-8-10-9-11-10;1-5(2)7-9(10,11)8-6(3)4/h14-17H,6-13H2,1-5H3;10H,2-9H2,1H3;5-6H,1-4H3,(H,10,11). The number of thiol groups is 1. The van der Waals surface area contributed by atoms with E-state index in [2.05, 4.69) is 26.1 Å². The minimum absolute atomic E-state index is 0.0489. The van der Waals surface area contributed by atoms with Gasteiger partial charge in [-0.3, -0.25) is 0 Å². The molecule has 0 radical (unpaired) electrons. The molecule has 6 nitrogen and oxygen atoms in total. The highest BCUT2D eigenvalue weighted by molar-refractivity contribution is 8.67. The molecule has 0 aromatic heterocycles. The van der Waals surface area contributed by atoms with Crippen LogP contribution in [0.15, 0.2) is 0 Å². The number of hydrogen-bond acceptors (Lipinski definition) is 9. The summed E-state index contributed by atoms with van der Waals surface area (Å²) in [7, 11) is 0. The van der Waals surface area contributed by atoms with Gasteiger partial charge >= 0.3 is 0 Å². The predicted octanol–water partition coefficient (Wildman–Crippen LogP) is 12.0. The average Bonchev–Trinajstić information content (AvgIpc) is 3.70. The third-order valence-electron chi connectivity index (χ3n) is 5.97. The molecule has 0 spiro atoms. The second-order valence-electron chi connectivity index (χ2n) is 12.6. The Bertz CT molecular complexity index is 712. The molecule has 2 unspecified atom stereocenters. The molecule has 44 heavy (non-hydrogen) atoms. The summed E-state index contributed by atoms with van der Waals surface area (Å²) in [5, 5.41) is 10.1. The summed E-state index contributed by atoms with van der Waals surface area (Å²) < 4.78 is 27.4. The Labute approximate surface area is 293 Å². The fourth-order valence-electron chi connectivity index (χ4n) is 3.97. The minimum atomic E-state index is -2.35. The van der Waals surface area contributed by atoms with E-state index in [1.54, 1.807) is 0 Å². The highest BCUT2D eigenvalue weighted by Gasteiger charge is 2.25. The van der Waals surface area contributed by atoms with Crippen LogP contribution in [0.3, 0.4) is 0 Å². The highest BCUT2D eigenvalue weighted by Crippen LogP contribution is 2.62. The maximum absolute atomic E-state index is 10.1. The molecular formula is C32H70O6P2S4. The summed E-state index contributed by atoms with van der Waals surface area (Å²) in [6.45, 7) is 21.1. The second kappa shape index (κ2) is 29.7. The fraction of sp³-hybridized carbons (Fsp3) is 1.00. The third-order valence-corrected chi connectivity index (χ3v) is 14.0. The summed E-state index contributed by atoms with van der Waals surface area (Å²) >= 11 is 16.2.